The fraction of sp³-hybridized carbons (Fsp3) is 0. The van der Waals surface area contributed by atoms with Gasteiger partial charge in [0.2, 0.25) is 0 Å². The molecule has 0 aliphatic heterocycles. The molecule has 0 bridgehead atoms. The van der Waals surface area contributed by atoms with E-state index in [0.717, 1.165) is 10.8 Å². The van der Waals surface area contributed by atoms with Gasteiger partial charge in [0, 0.05) is 10.8 Å². The number of rotatable bonds is 3. The van der Waals surface area contributed by atoms with Crippen LogP contribution in [0.3, 0.4) is 0 Å². The number of hydrogen-bond acceptors (Lipinski definition) is 1. The summed E-state index contributed by atoms with van der Waals surface area (Å²) in [4.78, 5) is 0. The largest absolute Gasteiger partial charge is 0.456 e. The van der Waals surface area contributed by atoms with Crippen molar-refractivity contribution in [2.75, 3.05) is 0 Å². The second-order valence-electron chi connectivity index (χ2n) is 10.3. The Morgan fingerprint density at radius 3 is 1.67 bits per heavy atom. The Hall–Kier alpha value is -5.66. The van der Waals surface area contributed by atoms with Crippen molar-refractivity contribution in [3.63, 3.8) is 0 Å². The van der Waals surface area contributed by atoms with Crippen LogP contribution < -0.4 is 0 Å². The zero-order valence-electron chi connectivity index (χ0n) is 35.4. The third kappa shape index (κ3) is 3.72. The van der Waals surface area contributed by atoms with Crippen LogP contribution in [0.2, 0.25) is 0 Å². The summed E-state index contributed by atoms with van der Waals surface area (Å²) in [6.07, 6.45) is 0. The van der Waals surface area contributed by atoms with E-state index in [2.05, 4.69) is 0 Å². The van der Waals surface area contributed by atoms with Gasteiger partial charge in [-0.2, -0.15) is 0 Å². The van der Waals surface area contributed by atoms with Gasteiger partial charge in [-0.05, 0) is 83.9 Å². The van der Waals surface area contributed by atoms with Gasteiger partial charge in [0.05, 0.1) is 17.8 Å². The van der Waals surface area contributed by atoms with Crippen molar-refractivity contribution in [2.45, 2.75) is 0 Å². The van der Waals surface area contributed by atoms with Crippen molar-refractivity contribution in [3.05, 3.63) is 157 Å². The van der Waals surface area contributed by atoms with Crippen LogP contribution in [0, 0.1) is 0 Å². The van der Waals surface area contributed by atoms with E-state index in [1.54, 1.807) is 30.3 Å². The first-order valence-electron chi connectivity index (χ1n) is 20.2. The van der Waals surface area contributed by atoms with E-state index in [-0.39, 0.29) is 43.8 Å². The molecule has 9 rings (SSSR count). The lowest BCUT2D eigenvalue weighted by molar-refractivity contribution is 0.669. The molecule has 0 fully saturated rings. The monoisotopic (exact) mass is 559 g/mol. The number of furan rings is 1. The predicted octanol–water partition coefficient (Wildman–Crippen LogP) is 12.0. The van der Waals surface area contributed by atoms with E-state index >= 15 is 0 Å². The fourth-order valence-corrected chi connectivity index (χ4v) is 6.10. The molecule has 0 atom stereocenters. The van der Waals surface area contributed by atoms with Gasteiger partial charge in [-0.25, -0.2) is 0 Å². The Bertz CT molecular complexity index is 3110. The summed E-state index contributed by atoms with van der Waals surface area (Å²) in [6.45, 7) is 0. The summed E-state index contributed by atoms with van der Waals surface area (Å²) in [6, 6.07) is 17.0. The lowest BCUT2D eigenvalue weighted by Gasteiger charge is -2.18. The Morgan fingerprint density at radius 2 is 1.00 bits per heavy atom. The van der Waals surface area contributed by atoms with Crippen LogP contribution >= 0.6 is 0 Å². The summed E-state index contributed by atoms with van der Waals surface area (Å²) in [7, 11) is 0. The van der Waals surface area contributed by atoms with Crippen molar-refractivity contribution < 1.29 is 22.2 Å². The van der Waals surface area contributed by atoms with Crippen LogP contribution in [0.15, 0.2) is 162 Å². The van der Waals surface area contributed by atoms with Crippen molar-refractivity contribution in [1.29, 1.82) is 0 Å². The maximum absolute atomic E-state index is 9.36. The Morgan fingerprint density at radius 1 is 0.419 bits per heavy atom. The van der Waals surface area contributed by atoms with E-state index < -0.39 is 78.6 Å². The highest BCUT2D eigenvalue weighted by Gasteiger charge is 2.20. The molecule has 1 heterocycles. The maximum Gasteiger partial charge on any atom is 0.136 e. The van der Waals surface area contributed by atoms with Crippen LogP contribution in [0.5, 0.6) is 0 Å². The SMILES string of the molecule is [2H]c1c([2H])c([2H])c(-c2ccc(-c3c4c([2H])c([2H])c([2H])c([2H])c4c(-c4cccc5oc6cc7ccccc7cc6c45)c4c([2H])c([2H])c([2H])c([2H])c34)cc2)c([2H])c1[2H]. The molecular formula is C42H26O. The molecule has 1 heteroatoms. The van der Waals surface area contributed by atoms with E-state index in [1.165, 1.54) is 12.1 Å². The zero-order valence-corrected chi connectivity index (χ0v) is 22.4. The standard InChI is InChI=1S/C42H26O/c1-2-11-27(12-3-1)28-21-23-29(24-22-28)40-32-15-6-8-17-34(32)41(35-18-9-7-16-33(35)40)36-19-10-20-38-42(36)37-25-30-13-4-5-14-31(30)26-39(37)43-38/h1-26H/i1D,2D,3D,6D,7D,8D,9D,11D,12D,15D,16D,17D,18D. The van der Waals surface area contributed by atoms with Gasteiger partial charge >= 0.3 is 0 Å². The minimum absolute atomic E-state index is 0.0225. The van der Waals surface area contributed by atoms with Crippen LogP contribution in [-0.4, -0.2) is 0 Å². The highest BCUT2D eigenvalue weighted by Crippen LogP contribution is 2.47. The van der Waals surface area contributed by atoms with Gasteiger partial charge in [0.1, 0.15) is 11.2 Å². The quantitative estimate of drug-likeness (QED) is 0.196. The molecule has 0 saturated heterocycles. The maximum atomic E-state index is 9.36. The molecule has 0 aliphatic rings. The molecule has 0 spiro atoms. The molecule has 0 aliphatic carbocycles. The van der Waals surface area contributed by atoms with Gasteiger partial charge in [-0.1, -0.05) is 139 Å². The molecule has 200 valence electrons. The first kappa shape index (κ1) is 14.5. The van der Waals surface area contributed by atoms with E-state index in [1.807, 2.05) is 36.4 Å². The minimum Gasteiger partial charge on any atom is -0.456 e. The minimum atomic E-state index is -0.538. The Kier molecular flexibility index (Phi) is 3.18. The highest BCUT2D eigenvalue weighted by atomic mass is 16.3. The lowest BCUT2D eigenvalue weighted by atomic mass is 9.84. The van der Waals surface area contributed by atoms with Crippen molar-refractivity contribution >= 4 is 54.3 Å². The molecule has 1 nitrogen and oxygen atoms in total. The molecule has 0 N–H and O–H groups in total. The van der Waals surface area contributed by atoms with Gasteiger partial charge < -0.3 is 4.42 Å². The smallest absolute Gasteiger partial charge is 0.136 e. The zero-order chi connectivity index (χ0) is 39.6. The molecule has 0 saturated carbocycles. The van der Waals surface area contributed by atoms with Gasteiger partial charge in [-0.15, -0.1) is 0 Å². The first-order chi connectivity index (χ1) is 26.7. The average Bonchev–Trinajstić information content (AvgIpc) is 3.57. The molecule has 0 amide bonds. The molecule has 1 aromatic heterocycles. The van der Waals surface area contributed by atoms with Crippen LogP contribution in [0.25, 0.3) is 87.6 Å². The molecule has 0 unspecified atom stereocenters. The van der Waals surface area contributed by atoms with Crippen LogP contribution in [0.4, 0.5) is 0 Å². The highest BCUT2D eigenvalue weighted by molar-refractivity contribution is 6.26. The number of fused-ring (bicyclic) bond motifs is 6. The van der Waals surface area contributed by atoms with Crippen molar-refractivity contribution in [2.24, 2.45) is 0 Å². The summed E-state index contributed by atoms with van der Waals surface area (Å²) in [5, 5.41) is 3.32. The van der Waals surface area contributed by atoms with Crippen LogP contribution in [-0.2, 0) is 0 Å². The van der Waals surface area contributed by atoms with Crippen molar-refractivity contribution in [3.8, 4) is 33.4 Å². The van der Waals surface area contributed by atoms with Gasteiger partial charge in [0.25, 0.3) is 0 Å². The van der Waals surface area contributed by atoms with E-state index in [9.17, 15) is 5.48 Å². The molecule has 43 heavy (non-hydrogen) atoms. The summed E-state index contributed by atoms with van der Waals surface area (Å²) in [5.41, 5.74) is 2.37. The molecule has 9 aromatic rings. The number of hydrogen-bond donors (Lipinski definition) is 0. The summed E-state index contributed by atoms with van der Waals surface area (Å²) >= 11 is 0. The van der Waals surface area contributed by atoms with Crippen molar-refractivity contribution in [1.82, 2.24) is 0 Å². The second kappa shape index (κ2) is 9.44. The summed E-state index contributed by atoms with van der Waals surface area (Å²) in [5.74, 6) is 0. The topological polar surface area (TPSA) is 13.1 Å². The lowest BCUT2D eigenvalue weighted by Crippen LogP contribution is -1.91. The third-order valence-corrected chi connectivity index (χ3v) is 7.97. The second-order valence-corrected chi connectivity index (χ2v) is 10.3. The first-order valence-corrected chi connectivity index (χ1v) is 13.7. The normalized spacial score (nSPS) is 16.0. The predicted molar refractivity (Wildman–Crippen MR) is 183 cm³/mol. The fourth-order valence-electron chi connectivity index (χ4n) is 6.10. The molecule has 0 radical (unpaired) electrons. The third-order valence-electron chi connectivity index (χ3n) is 7.97. The average molecular weight is 560 g/mol. The van der Waals surface area contributed by atoms with E-state index in [0.29, 0.717) is 33.1 Å². The molecular weight excluding hydrogens is 520 g/mol. The van der Waals surface area contributed by atoms with Gasteiger partial charge in [0.15, 0.2) is 0 Å². The van der Waals surface area contributed by atoms with Gasteiger partial charge in [-0.3, -0.25) is 0 Å². The summed E-state index contributed by atoms with van der Waals surface area (Å²) < 4.78 is 120. The Balaban J connectivity index is 1.47. The Labute approximate surface area is 267 Å². The van der Waals surface area contributed by atoms with E-state index in [4.69, 9.17) is 16.8 Å². The van der Waals surface area contributed by atoms with Crippen LogP contribution in [0.1, 0.15) is 17.8 Å². The number of benzene rings is 8. The molecule has 8 aromatic carbocycles.